The summed E-state index contributed by atoms with van der Waals surface area (Å²) in [6, 6.07) is 5.71. The van der Waals surface area contributed by atoms with Crippen molar-refractivity contribution in [2.24, 2.45) is 0 Å². The highest BCUT2D eigenvalue weighted by Crippen LogP contribution is 2.28. The highest BCUT2D eigenvalue weighted by molar-refractivity contribution is 9.11. The van der Waals surface area contributed by atoms with Gasteiger partial charge in [-0.2, -0.15) is 0 Å². The van der Waals surface area contributed by atoms with Crippen LogP contribution < -0.4 is 4.74 Å². The van der Waals surface area contributed by atoms with Crippen LogP contribution in [-0.2, 0) is 0 Å². The fourth-order valence-corrected chi connectivity index (χ4v) is 2.31. The van der Waals surface area contributed by atoms with Crippen LogP contribution in [0.25, 0.3) is 10.9 Å². The van der Waals surface area contributed by atoms with Crippen LogP contribution in [0.5, 0.6) is 5.75 Å². The zero-order valence-electron chi connectivity index (χ0n) is 7.29. The highest BCUT2D eigenvalue weighted by Gasteiger charge is 2.07. The average Bonchev–Trinajstić information content (AvgIpc) is 2.17. The van der Waals surface area contributed by atoms with E-state index in [4.69, 9.17) is 4.74 Å². The van der Waals surface area contributed by atoms with Crippen LogP contribution >= 0.6 is 31.9 Å². The number of hydrogen-bond acceptors (Lipinski definition) is 3. The molecule has 0 amide bonds. The Bertz CT molecular complexity index is 487. The molecule has 0 radical (unpaired) electrons. The van der Waals surface area contributed by atoms with Crippen molar-refractivity contribution in [3.8, 4) is 5.75 Å². The molecule has 72 valence electrons. The van der Waals surface area contributed by atoms with E-state index in [1.807, 2.05) is 18.2 Å². The number of nitrogens with zero attached hydrogens (tertiary/aromatic N) is 2. The number of aromatic nitrogens is 2. The molecule has 0 saturated carbocycles. The van der Waals surface area contributed by atoms with Gasteiger partial charge in [-0.25, -0.2) is 9.97 Å². The predicted molar refractivity (Wildman–Crippen MR) is 61.5 cm³/mol. The maximum absolute atomic E-state index is 5.21. The summed E-state index contributed by atoms with van der Waals surface area (Å²) in [5.74, 6) is 0.742. The van der Waals surface area contributed by atoms with Gasteiger partial charge in [0.25, 0.3) is 0 Å². The molecule has 0 atom stereocenters. The van der Waals surface area contributed by atoms with Crippen molar-refractivity contribution >= 4 is 42.8 Å². The first kappa shape index (κ1) is 9.86. The number of benzene rings is 1. The average molecular weight is 318 g/mol. The molecule has 2 rings (SSSR count). The van der Waals surface area contributed by atoms with Gasteiger partial charge in [-0.3, -0.25) is 0 Å². The van der Waals surface area contributed by atoms with Gasteiger partial charge in [-0.1, -0.05) is 6.07 Å². The van der Waals surface area contributed by atoms with E-state index in [1.165, 1.54) is 0 Å². The number of hydrogen-bond donors (Lipinski definition) is 0. The summed E-state index contributed by atoms with van der Waals surface area (Å²) >= 11 is 6.61. The van der Waals surface area contributed by atoms with Gasteiger partial charge >= 0.3 is 0 Å². The highest BCUT2D eigenvalue weighted by atomic mass is 79.9. The SMILES string of the molecule is COc1cccc2c(Br)nc(Br)nc12. The topological polar surface area (TPSA) is 35.0 Å². The molecule has 14 heavy (non-hydrogen) atoms. The molecule has 0 unspecified atom stereocenters. The molecule has 3 nitrogen and oxygen atoms in total. The van der Waals surface area contributed by atoms with E-state index in [-0.39, 0.29) is 0 Å². The lowest BCUT2D eigenvalue weighted by Crippen LogP contribution is -1.91. The van der Waals surface area contributed by atoms with Gasteiger partial charge in [0, 0.05) is 5.39 Å². The molecule has 0 bridgehead atoms. The number of ether oxygens (including phenoxy) is 1. The fraction of sp³-hybridized carbons (Fsp3) is 0.111. The smallest absolute Gasteiger partial charge is 0.198 e. The molecule has 1 aromatic heterocycles. The third-order valence-electron chi connectivity index (χ3n) is 1.84. The van der Waals surface area contributed by atoms with Crippen molar-refractivity contribution in [1.29, 1.82) is 0 Å². The lowest BCUT2D eigenvalue weighted by atomic mass is 10.2. The minimum atomic E-state index is 0.543. The van der Waals surface area contributed by atoms with E-state index < -0.39 is 0 Å². The van der Waals surface area contributed by atoms with Crippen molar-refractivity contribution in [2.45, 2.75) is 0 Å². The minimum Gasteiger partial charge on any atom is -0.494 e. The lowest BCUT2D eigenvalue weighted by molar-refractivity contribution is 0.418. The molecular formula is C9H6Br2N2O. The van der Waals surface area contributed by atoms with E-state index in [2.05, 4.69) is 41.8 Å². The Morgan fingerprint density at radius 1 is 1.21 bits per heavy atom. The van der Waals surface area contributed by atoms with Crippen molar-refractivity contribution in [3.63, 3.8) is 0 Å². The molecule has 0 fully saturated rings. The third-order valence-corrected chi connectivity index (χ3v) is 2.79. The summed E-state index contributed by atoms with van der Waals surface area (Å²) < 4.78 is 6.51. The molecule has 0 saturated heterocycles. The summed E-state index contributed by atoms with van der Waals surface area (Å²) in [5, 5.41) is 0.938. The summed E-state index contributed by atoms with van der Waals surface area (Å²) in [6.45, 7) is 0. The van der Waals surface area contributed by atoms with Crippen LogP contribution in [0.15, 0.2) is 27.5 Å². The van der Waals surface area contributed by atoms with E-state index in [0.29, 0.717) is 4.73 Å². The van der Waals surface area contributed by atoms with Crippen LogP contribution in [0.1, 0.15) is 0 Å². The fourth-order valence-electron chi connectivity index (χ4n) is 1.23. The Balaban J connectivity index is 2.86. The molecule has 0 aliphatic carbocycles. The van der Waals surface area contributed by atoms with E-state index in [9.17, 15) is 0 Å². The van der Waals surface area contributed by atoms with Crippen molar-refractivity contribution < 1.29 is 4.74 Å². The molecular weight excluding hydrogens is 312 g/mol. The lowest BCUT2D eigenvalue weighted by Gasteiger charge is -2.05. The molecule has 0 aliphatic heterocycles. The summed E-state index contributed by atoms with van der Waals surface area (Å²) in [5.41, 5.74) is 0.795. The second kappa shape index (κ2) is 3.82. The second-order valence-corrected chi connectivity index (χ2v) is 4.10. The van der Waals surface area contributed by atoms with Crippen LogP contribution in [0, 0.1) is 0 Å². The predicted octanol–water partition coefficient (Wildman–Crippen LogP) is 3.16. The van der Waals surface area contributed by atoms with Gasteiger partial charge in [0.05, 0.1) is 7.11 Å². The molecule has 0 spiro atoms. The van der Waals surface area contributed by atoms with Crippen LogP contribution in [0.3, 0.4) is 0 Å². The first-order valence-electron chi connectivity index (χ1n) is 3.88. The summed E-state index contributed by atoms with van der Waals surface area (Å²) in [7, 11) is 1.62. The molecule has 1 aromatic carbocycles. The van der Waals surface area contributed by atoms with Gasteiger partial charge < -0.3 is 4.74 Å². The zero-order chi connectivity index (χ0) is 10.1. The number of fused-ring (bicyclic) bond motifs is 1. The number of para-hydroxylation sites is 1. The normalized spacial score (nSPS) is 10.5. The van der Waals surface area contributed by atoms with Gasteiger partial charge in [0.1, 0.15) is 15.9 Å². The summed E-state index contributed by atoms with van der Waals surface area (Å²) in [4.78, 5) is 8.40. The Morgan fingerprint density at radius 3 is 2.71 bits per heavy atom. The van der Waals surface area contributed by atoms with E-state index >= 15 is 0 Å². The first-order chi connectivity index (χ1) is 6.72. The Labute approximate surface area is 97.8 Å². The first-order valence-corrected chi connectivity index (χ1v) is 5.46. The number of methoxy groups -OCH3 is 1. The van der Waals surface area contributed by atoms with Crippen LogP contribution in [0.2, 0.25) is 0 Å². The molecule has 0 N–H and O–H groups in total. The third kappa shape index (κ3) is 1.62. The largest absolute Gasteiger partial charge is 0.494 e. The van der Waals surface area contributed by atoms with Gasteiger partial charge in [0.2, 0.25) is 0 Å². The van der Waals surface area contributed by atoms with Crippen molar-refractivity contribution in [3.05, 3.63) is 27.5 Å². The second-order valence-electron chi connectivity index (χ2n) is 2.64. The van der Waals surface area contributed by atoms with E-state index in [1.54, 1.807) is 7.11 Å². The van der Waals surface area contributed by atoms with Crippen molar-refractivity contribution in [1.82, 2.24) is 9.97 Å². The molecule has 5 heteroatoms. The Morgan fingerprint density at radius 2 is 2.00 bits per heavy atom. The number of rotatable bonds is 1. The van der Waals surface area contributed by atoms with E-state index in [0.717, 1.165) is 21.3 Å². The summed E-state index contributed by atoms with van der Waals surface area (Å²) in [6.07, 6.45) is 0. The Kier molecular flexibility index (Phi) is 2.69. The molecule has 2 aromatic rings. The van der Waals surface area contributed by atoms with Crippen LogP contribution in [-0.4, -0.2) is 17.1 Å². The molecule has 0 aliphatic rings. The zero-order valence-corrected chi connectivity index (χ0v) is 10.5. The standard InChI is InChI=1S/C9H6Br2N2O/c1-14-6-4-2-3-5-7(6)12-9(11)13-8(5)10/h2-4H,1H3. The number of halogens is 2. The molecule has 1 heterocycles. The van der Waals surface area contributed by atoms with Gasteiger partial charge in [-0.15, -0.1) is 0 Å². The minimum absolute atomic E-state index is 0.543. The van der Waals surface area contributed by atoms with Gasteiger partial charge in [0.15, 0.2) is 4.73 Å². The maximum Gasteiger partial charge on any atom is 0.198 e. The van der Waals surface area contributed by atoms with Crippen molar-refractivity contribution in [2.75, 3.05) is 7.11 Å². The van der Waals surface area contributed by atoms with Crippen LogP contribution in [0.4, 0.5) is 0 Å². The monoisotopic (exact) mass is 316 g/mol. The quantitative estimate of drug-likeness (QED) is 0.598. The maximum atomic E-state index is 5.21. The Hall–Kier alpha value is -0.680. The van der Waals surface area contributed by atoms with Gasteiger partial charge in [-0.05, 0) is 44.0 Å².